The van der Waals surface area contributed by atoms with E-state index in [0.717, 1.165) is 11.1 Å². The standard InChI is InChI=1S/C23H23N5O3/c1-16-8-9-19(14-17(16)2)31-15-21(29)24-12-13-30-22-11-10-20-25-26-23(28(20)27-22)18-6-4-3-5-7-18/h3-11,14H,12-13,15H2,1-2H3,(H,24,29). The van der Waals surface area contributed by atoms with Crippen LogP contribution in [0.3, 0.4) is 0 Å². The maximum atomic E-state index is 12.0. The van der Waals surface area contributed by atoms with Crippen molar-refractivity contribution in [3.8, 4) is 23.0 Å². The van der Waals surface area contributed by atoms with Crippen LogP contribution in [0.25, 0.3) is 17.0 Å². The molecule has 158 valence electrons. The zero-order chi connectivity index (χ0) is 21.6. The molecule has 8 nitrogen and oxygen atoms in total. The van der Waals surface area contributed by atoms with Gasteiger partial charge in [0.2, 0.25) is 5.88 Å². The molecule has 2 aromatic heterocycles. The lowest BCUT2D eigenvalue weighted by Gasteiger charge is -2.10. The average molecular weight is 417 g/mol. The molecule has 0 bridgehead atoms. The number of nitrogens with zero attached hydrogens (tertiary/aromatic N) is 4. The van der Waals surface area contributed by atoms with Gasteiger partial charge in [-0.1, -0.05) is 36.4 Å². The van der Waals surface area contributed by atoms with E-state index in [2.05, 4.69) is 20.6 Å². The smallest absolute Gasteiger partial charge is 0.258 e. The molecule has 2 heterocycles. The third-order valence-electron chi connectivity index (χ3n) is 4.79. The Labute approximate surface area is 179 Å². The molecule has 0 fully saturated rings. The van der Waals surface area contributed by atoms with E-state index in [1.807, 2.05) is 62.4 Å². The van der Waals surface area contributed by atoms with Gasteiger partial charge in [-0.05, 0) is 43.2 Å². The number of aromatic nitrogens is 4. The minimum atomic E-state index is -0.213. The molecule has 0 aliphatic heterocycles. The van der Waals surface area contributed by atoms with Gasteiger partial charge in [0.25, 0.3) is 5.91 Å². The van der Waals surface area contributed by atoms with Crippen molar-refractivity contribution >= 4 is 11.6 Å². The molecular formula is C23H23N5O3. The number of carbonyl (C=O) groups excluding carboxylic acids is 1. The molecule has 0 unspecified atom stereocenters. The molecule has 31 heavy (non-hydrogen) atoms. The van der Waals surface area contributed by atoms with Gasteiger partial charge in [0.05, 0.1) is 6.54 Å². The average Bonchev–Trinajstić information content (AvgIpc) is 3.21. The van der Waals surface area contributed by atoms with Crippen LogP contribution in [0.15, 0.2) is 60.7 Å². The van der Waals surface area contributed by atoms with Crippen LogP contribution in [0.4, 0.5) is 0 Å². The Morgan fingerprint density at radius 1 is 0.968 bits per heavy atom. The highest BCUT2D eigenvalue weighted by atomic mass is 16.5. The predicted octanol–water partition coefficient (Wildman–Crippen LogP) is 2.98. The van der Waals surface area contributed by atoms with Crippen molar-refractivity contribution in [2.24, 2.45) is 0 Å². The van der Waals surface area contributed by atoms with Crippen molar-refractivity contribution < 1.29 is 14.3 Å². The molecule has 1 amide bonds. The minimum absolute atomic E-state index is 0.0478. The van der Waals surface area contributed by atoms with Gasteiger partial charge < -0.3 is 14.8 Å². The first-order valence-corrected chi connectivity index (χ1v) is 9.97. The quantitative estimate of drug-likeness (QED) is 0.443. The van der Waals surface area contributed by atoms with Crippen molar-refractivity contribution in [2.45, 2.75) is 13.8 Å². The van der Waals surface area contributed by atoms with Crippen molar-refractivity contribution in [3.63, 3.8) is 0 Å². The summed E-state index contributed by atoms with van der Waals surface area (Å²) >= 11 is 0. The number of aryl methyl sites for hydroxylation is 2. The van der Waals surface area contributed by atoms with Gasteiger partial charge >= 0.3 is 0 Å². The first-order valence-electron chi connectivity index (χ1n) is 9.97. The molecule has 4 rings (SSSR count). The van der Waals surface area contributed by atoms with Gasteiger partial charge in [-0.2, -0.15) is 4.52 Å². The lowest BCUT2D eigenvalue weighted by Crippen LogP contribution is -2.32. The normalized spacial score (nSPS) is 10.8. The SMILES string of the molecule is Cc1ccc(OCC(=O)NCCOc2ccc3nnc(-c4ccccc4)n3n2)cc1C. The summed E-state index contributed by atoms with van der Waals surface area (Å²) in [6, 6.07) is 19.0. The number of carbonyl (C=O) groups is 1. The van der Waals surface area contributed by atoms with Crippen molar-refractivity contribution in [1.29, 1.82) is 0 Å². The van der Waals surface area contributed by atoms with Gasteiger partial charge in [-0.25, -0.2) is 0 Å². The van der Waals surface area contributed by atoms with Crippen LogP contribution in [-0.2, 0) is 4.79 Å². The van der Waals surface area contributed by atoms with Crippen LogP contribution >= 0.6 is 0 Å². The van der Waals surface area contributed by atoms with Crippen LogP contribution < -0.4 is 14.8 Å². The third kappa shape index (κ3) is 4.98. The molecule has 2 aromatic carbocycles. The Hall–Kier alpha value is -3.94. The molecule has 0 saturated heterocycles. The number of ether oxygens (including phenoxy) is 2. The summed E-state index contributed by atoms with van der Waals surface area (Å²) in [5.74, 6) is 1.52. The summed E-state index contributed by atoms with van der Waals surface area (Å²) in [4.78, 5) is 12.0. The fourth-order valence-electron chi connectivity index (χ4n) is 2.97. The highest BCUT2D eigenvalue weighted by molar-refractivity contribution is 5.77. The monoisotopic (exact) mass is 417 g/mol. The Kier molecular flexibility index (Phi) is 6.07. The molecule has 4 aromatic rings. The Morgan fingerprint density at radius 3 is 2.61 bits per heavy atom. The number of benzene rings is 2. The summed E-state index contributed by atoms with van der Waals surface area (Å²) in [6.45, 7) is 4.60. The fourth-order valence-corrected chi connectivity index (χ4v) is 2.97. The fraction of sp³-hybridized carbons (Fsp3) is 0.217. The summed E-state index contributed by atoms with van der Waals surface area (Å²) < 4.78 is 12.8. The minimum Gasteiger partial charge on any atom is -0.484 e. The van der Waals surface area contributed by atoms with E-state index in [0.29, 0.717) is 29.6 Å². The third-order valence-corrected chi connectivity index (χ3v) is 4.79. The first-order chi connectivity index (χ1) is 15.1. The topological polar surface area (TPSA) is 90.6 Å². The van der Waals surface area contributed by atoms with E-state index >= 15 is 0 Å². The summed E-state index contributed by atoms with van der Waals surface area (Å²) in [5, 5.41) is 15.6. The molecular weight excluding hydrogens is 394 g/mol. The van der Waals surface area contributed by atoms with Gasteiger partial charge in [-0.15, -0.1) is 15.3 Å². The number of hydrogen-bond donors (Lipinski definition) is 1. The Balaban J connectivity index is 1.27. The van der Waals surface area contributed by atoms with E-state index in [1.165, 1.54) is 5.56 Å². The zero-order valence-corrected chi connectivity index (χ0v) is 17.4. The van der Waals surface area contributed by atoms with E-state index in [4.69, 9.17) is 9.47 Å². The van der Waals surface area contributed by atoms with Crippen LogP contribution in [-0.4, -0.2) is 45.5 Å². The van der Waals surface area contributed by atoms with Crippen molar-refractivity contribution in [3.05, 3.63) is 71.8 Å². The first kappa shape index (κ1) is 20.3. The van der Waals surface area contributed by atoms with E-state index in [1.54, 1.807) is 16.6 Å². The summed E-state index contributed by atoms with van der Waals surface area (Å²) in [6.07, 6.45) is 0. The Bertz CT molecular complexity index is 1190. The van der Waals surface area contributed by atoms with Gasteiger partial charge in [0, 0.05) is 11.6 Å². The second-order valence-electron chi connectivity index (χ2n) is 7.06. The molecule has 0 spiro atoms. The van der Waals surface area contributed by atoms with Crippen LogP contribution in [0.5, 0.6) is 11.6 Å². The molecule has 8 heteroatoms. The maximum Gasteiger partial charge on any atom is 0.258 e. The molecule has 0 aliphatic carbocycles. The second kappa shape index (κ2) is 9.25. The largest absolute Gasteiger partial charge is 0.484 e. The number of hydrogen-bond acceptors (Lipinski definition) is 6. The Morgan fingerprint density at radius 2 is 1.81 bits per heavy atom. The van der Waals surface area contributed by atoms with E-state index < -0.39 is 0 Å². The van der Waals surface area contributed by atoms with Crippen LogP contribution in [0, 0.1) is 13.8 Å². The zero-order valence-electron chi connectivity index (χ0n) is 17.4. The highest BCUT2D eigenvalue weighted by Gasteiger charge is 2.10. The second-order valence-corrected chi connectivity index (χ2v) is 7.06. The molecule has 1 N–H and O–H groups in total. The number of fused-ring (bicyclic) bond motifs is 1. The molecule has 0 atom stereocenters. The number of nitrogens with one attached hydrogen (secondary N) is 1. The lowest BCUT2D eigenvalue weighted by atomic mass is 10.1. The van der Waals surface area contributed by atoms with Gasteiger partial charge in [-0.3, -0.25) is 4.79 Å². The molecule has 0 aliphatic rings. The highest BCUT2D eigenvalue weighted by Crippen LogP contribution is 2.18. The maximum absolute atomic E-state index is 12.0. The van der Waals surface area contributed by atoms with Crippen LogP contribution in [0.1, 0.15) is 11.1 Å². The predicted molar refractivity (Wildman–Crippen MR) is 116 cm³/mol. The van der Waals surface area contributed by atoms with E-state index in [-0.39, 0.29) is 19.1 Å². The van der Waals surface area contributed by atoms with Crippen molar-refractivity contribution in [1.82, 2.24) is 25.1 Å². The number of amides is 1. The van der Waals surface area contributed by atoms with E-state index in [9.17, 15) is 4.79 Å². The summed E-state index contributed by atoms with van der Waals surface area (Å²) in [7, 11) is 0. The lowest BCUT2D eigenvalue weighted by molar-refractivity contribution is -0.123. The number of rotatable bonds is 8. The molecule has 0 radical (unpaired) electrons. The van der Waals surface area contributed by atoms with Crippen LogP contribution in [0.2, 0.25) is 0 Å². The van der Waals surface area contributed by atoms with Gasteiger partial charge in [0.15, 0.2) is 18.1 Å². The van der Waals surface area contributed by atoms with Crippen molar-refractivity contribution in [2.75, 3.05) is 19.8 Å². The van der Waals surface area contributed by atoms with Gasteiger partial charge in [0.1, 0.15) is 12.4 Å². The summed E-state index contributed by atoms with van der Waals surface area (Å²) in [5.41, 5.74) is 3.85. The molecule has 0 saturated carbocycles.